The lowest BCUT2D eigenvalue weighted by atomic mass is 9.87. The number of fused-ring (bicyclic) bond motifs is 1. The molecule has 0 aliphatic carbocycles. The summed E-state index contributed by atoms with van der Waals surface area (Å²) in [4.78, 5) is 27.0. The van der Waals surface area contributed by atoms with Crippen LogP contribution in [0.15, 0.2) is 57.2 Å². The van der Waals surface area contributed by atoms with Crippen LogP contribution in [0.4, 0.5) is 5.69 Å². The largest absolute Gasteiger partial charge is 0.493 e. The highest BCUT2D eigenvalue weighted by atomic mass is 79.9. The van der Waals surface area contributed by atoms with E-state index in [4.69, 9.17) is 0 Å². The molecule has 1 N–H and O–H groups in total. The fourth-order valence-electron chi connectivity index (χ4n) is 3.63. The van der Waals surface area contributed by atoms with Crippen LogP contribution in [0.1, 0.15) is 50.5 Å². The van der Waals surface area contributed by atoms with E-state index in [0.29, 0.717) is 29.6 Å². The maximum atomic E-state index is 12.7. The molecule has 0 aliphatic heterocycles. The van der Waals surface area contributed by atoms with Gasteiger partial charge in [-0.2, -0.15) is 0 Å². The molecule has 2 amide bonds. The Morgan fingerprint density at radius 3 is 2.27 bits per heavy atom. The molecule has 0 atom stereocenters. The molecule has 33 heavy (non-hydrogen) atoms. The molecular formula is C25H29BrN4O3. The van der Waals surface area contributed by atoms with Crippen LogP contribution in [0.5, 0.6) is 5.88 Å². The molecule has 7 nitrogen and oxygen atoms in total. The molecule has 0 aliphatic rings. The number of benzene rings is 2. The first-order chi connectivity index (χ1) is 15.6. The van der Waals surface area contributed by atoms with E-state index >= 15 is 0 Å². The zero-order chi connectivity index (χ0) is 24.3. The van der Waals surface area contributed by atoms with Gasteiger partial charge in [0.05, 0.1) is 5.52 Å². The summed E-state index contributed by atoms with van der Waals surface area (Å²) in [6.07, 6.45) is 0. The Balaban J connectivity index is 1.96. The number of nitrogens with zero attached hydrogens (tertiary/aromatic N) is 4. The molecule has 0 unspecified atom stereocenters. The van der Waals surface area contributed by atoms with Gasteiger partial charge in [-0.25, -0.2) is 0 Å². The summed E-state index contributed by atoms with van der Waals surface area (Å²) in [6, 6.07) is 12.7. The molecule has 0 bridgehead atoms. The number of carbonyl (C=O) groups excluding carboxylic acids is 2. The lowest BCUT2D eigenvalue weighted by Crippen LogP contribution is -2.33. The quantitative estimate of drug-likeness (QED) is 0.398. The third-order valence-corrected chi connectivity index (χ3v) is 6.11. The molecule has 1 heterocycles. The predicted molar refractivity (Wildman–Crippen MR) is 133 cm³/mol. The van der Waals surface area contributed by atoms with Crippen LogP contribution in [0.2, 0.25) is 0 Å². The van der Waals surface area contributed by atoms with Gasteiger partial charge in [0.2, 0.25) is 11.8 Å². The molecule has 1 aromatic heterocycles. The summed E-state index contributed by atoms with van der Waals surface area (Å²) in [7, 11) is 0. The molecule has 0 fully saturated rings. The molecule has 0 spiro atoms. The second kappa shape index (κ2) is 9.87. The molecule has 3 aromatic rings. The Labute approximate surface area is 202 Å². The van der Waals surface area contributed by atoms with E-state index in [1.807, 2.05) is 32.0 Å². The van der Waals surface area contributed by atoms with Gasteiger partial charge in [-0.3, -0.25) is 9.59 Å². The average molecular weight is 513 g/mol. The number of carbonyl (C=O) groups is 2. The first-order valence-electron chi connectivity index (χ1n) is 10.9. The van der Waals surface area contributed by atoms with Crippen molar-refractivity contribution < 1.29 is 14.7 Å². The second-order valence-corrected chi connectivity index (χ2v) is 9.73. The second-order valence-electron chi connectivity index (χ2n) is 8.82. The third kappa shape index (κ3) is 5.33. The van der Waals surface area contributed by atoms with E-state index in [9.17, 15) is 14.7 Å². The number of rotatable bonds is 6. The zero-order valence-corrected chi connectivity index (χ0v) is 21.2. The summed E-state index contributed by atoms with van der Waals surface area (Å²) < 4.78 is 2.28. The number of halogens is 1. The predicted octanol–water partition coefficient (Wildman–Crippen LogP) is 6.20. The van der Waals surface area contributed by atoms with E-state index in [2.05, 4.69) is 46.9 Å². The van der Waals surface area contributed by atoms with Gasteiger partial charge < -0.3 is 14.6 Å². The van der Waals surface area contributed by atoms with Crippen molar-refractivity contribution in [2.24, 2.45) is 10.2 Å². The zero-order valence-electron chi connectivity index (χ0n) is 19.6. The van der Waals surface area contributed by atoms with Crippen molar-refractivity contribution >= 4 is 44.3 Å². The number of aromatic nitrogens is 1. The Morgan fingerprint density at radius 2 is 1.70 bits per heavy atom. The van der Waals surface area contributed by atoms with Gasteiger partial charge in [-0.15, -0.1) is 10.2 Å². The van der Waals surface area contributed by atoms with Crippen LogP contribution in [-0.2, 0) is 16.8 Å². The van der Waals surface area contributed by atoms with Gasteiger partial charge in [-0.05, 0) is 55.2 Å². The van der Waals surface area contributed by atoms with Crippen molar-refractivity contribution in [2.75, 3.05) is 13.1 Å². The highest BCUT2D eigenvalue weighted by Gasteiger charge is 2.21. The van der Waals surface area contributed by atoms with Crippen molar-refractivity contribution in [3.8, 4) is 5.88 Å². The first kappa shape index (κ1) is 24.6. The molecule has 8 heteroatoms. The van der Waals surface area contributed by atoms with Crippen molar-refractivity contribution in [3.63, 3.8) is 0 Å². The summed E-state index contributed by atoms with van der Waals surface area (Å²) in [5, 5.41) is 19.4. The lowest BCUT2D eigenvalue weighted by molar-refractivity contribution is -0.131. The molecule has 0 radical (unpaired) electrons. The van der Waals surface area contributed by atoms with Crippen LogP contribution < -0.4 is 0 Å². The van der Waals surface area contributed by atoms with E-state index in [0.717, 1.165) is 10.0 Å². The minimum Gasteiger partial charge on any atom is -0.493 e. The number of likely N-dealkylation sites (N-methyl/N-ethyl adjacent to an activating group) is 1. The Kier molecular flexibility index (Phi) is 7.37. The van der Waals surface area contributed by atoms with Crippen molar-refractivity contribution in [3.05, 3.63) is 58.1 Å². The van der Waals surface area contributed by atoms with Crippen LogP contribution in [0, 0.1) is 0 Å². The minimum atomic E-state index is -0.509. The number of amides is 2. The average Bonchev–Trinajstić information content (AvgIpc) is 3.02. The standard InChI is InChI=1S/C25H29BrN4O3/c1-6-29(7-2)21(31)15-30-20-13-12-18(26)14-19(20)22(24(30)33)27-28-23(32)16-8-10-17(11-9-16)25(3,4)5/h8-14,33H,6-7,15H2,1-5H3. The van der Waals surface area contributed by atoms with Gasteiger partial charge in [-0.1, -0.05) is 48.8 Å². The van der Waals surface area contributed by atoms with Crippen LogP contribution in [0.3, 0.4) is 0 Å². The maximum Gasteiger partial charge on any atom is 0.295 e. The fourth-order valence-corrected chi connectivity index (χ4v) is 3.99. The van der Waals surface area contributed by atoms with Crippen LogP contribution >= 0.6 is 15.9 Å². The van der Waals surface area contributed by atoms with E-state index in [1.165, 1.54) is 4.57 Å². The highest BCUT2D eigenvalue weighted by Crippen LogP contribution is 2.40. The SMILES string of the molecule is CCN(CC)C(=O)Cn1c(O)c(N=NC(=O)c2ccc(C(C)(C)C)cc2)c2cc(Br)ccc21. The van der Waals surface area contributed by atoms with Crippen LogP contribution in [-0.4, -0.2) is 39.5 Å². The van der Waals surface area contributed by atoms with E-state index in [1.54, 1.807) is 29.2 Å². The molecule has 174 valence electrons. The Hall–Kier alpha value is -3.00. The third-order valence-electron chi connectivity index (χ3n) is 5.62. The van der Waals surface area contributed by atoms with Crippen molar-refractivity contribution in [1.82, 2.24) is 9.47 Å². The molecule has 0 saturated carbocycles. The van der Waals surface area contributed by atoms with Gasteiger partial charge in [0.1, 0.15) is 6.54 Å². The first-order valence-corrected chi connectivity index (χ1v) is 11.7. The van der Waals surface area contributed by atoms with Gasteiger partial charge >= 0.3 is 0 Å². The number of hydrogen-bond donors (Lipinski definition) is 1. The van der Waals surface area contributed by atoms with Gasteiger partial charge in [0.25, 0.3) is 5.91 Å². The van der Waals surface area contributed by atoms with Gasteiger partial charge in [0, 0.05) is 28.5 Å². The van der Waals surface area contributed by atoms with Crippen molar-refractivity contribution in [2.45, 2.75) is 46.6 Å². The molecule has 2 aromatic carbocycles. The van der Waals surface area contributed by atoms with Crippen LogP contribution in [0.25, 0.3) is 10.9 Å². The Bertz CT molecular complexity index is 1200. The lowest BCUT2D eigenvalue weighted by Gasteiger charge is -2.19. The smallest absolute Gasteiger partial charge is 0.295 e. The molecule has 0 saturated heterocycles. The topological polar surface area (TPSA) is 87.3 Å². The van der Waals surface area contributed by atoms with Crippen molar-refractivity contribution in [1.29, 1.82) is 0 Å². The summed E-state index contributed by atoms with van der Waals surface area (Å²) in [6.45, 7) is 11.2. The number of hydrogen-bond acceptors (Lipinski definition) is 4. The maximum absolute atomic E-state index is 12.7. The minimum absolute atomic E-state index is 0.0212. The monoisotopic (exact) mass is 512 g/mol. The van der Waals surface area contributed by atoms with Gasteiger partial charge in [0.15, 0.2) is 5.69 Å². The highest BCUT2D eigenvalue weighted by molar-refractivity contribution is 9.10. The summed E-state index contributed by atoms with van der Waals surface area (Å²) >= 11 is 3.43. The normalized spacial score (nSPS) is 11.9. The summed E-state index contributed by atoms with van der Waals surface area (Å²) in [5.74, 6) is -0.832. The molecule has 3 rings (SSSR count). The Morgan fingerprint density at radius 1 is 1.06 bits per heavy atom. The number of aromatic hydroxyl groups is 1. The van der Waals surface area contributed by atoms with E-state index < -0.39 is 5.91 Å². The summed E-state index contributed by atoms with van der Waals surface area (Å²) in [5.41, 5.74) is 2.28. The number of azo groups is 1. The molecular weight excluding hydrogens is 484 g/mol. The fraction of sp³-hybridized carbons (Fsp3) is 0.360. The van der Waals surface area contributed by atoms with E-state index in [-0.39, 0.29) is 29.4 Å².